The molecule has 21 heavy (non-hydrogen) atoms. The fourth-order valence-electron chi connectivity index (χ4n) is 2.06. The van der Waals surface area contributed by atoms with Gasteiger partial charge in [0.05, 0.1) is 11.5 Å². The van der Waals surface area contributed by atoms with Gasteiger partial charge in [0.25, 0.3) is 0 Å². The van der Waals surface area contributed by atoms with Gasteiger partial charge in [-0.2, -0.15) is 11.3 Å². The van der Waals surface area contributed by atoms with Gasteiger partial charge in [0.15, 0.2) is 0 Å². The minimum atomic E-state index is -3.58. The smallest absolute Gasteiger partial charge is 0.241 e. The lowest BCUT2D eigenvalue weighted by molar-refractivity contribution is 0.281. The molecule has 0 unspecified atom stereocenters. The zero-order valence-corrected chi connectivity index (χ0v) is 13.7. The molecule has 4 nitrogen and oxygen atoms in total. The van der Waals surface area contributed by atoms with Crippen LogP contribution in [0.25, 0.3) is 0 Å². The zero-order valence-electron chi connectivity index (χ0n) is 12.1. The Kier molecular flexibility index (Phi) is 5.16. The van der Waals surface area contributed by atoms with Crippen molar-refractivity contribution < 1.29 is 13.5 Å². The Hall–Kier alpha value is -1.21. The SMILES string of the molecule is CCc1ccc(CO)cc1S(=O)(=O)NCc1cscc1C. The Morgan fingerprint density at radius 1 is 1.24 bits per heavy atom. The summed E-state index contributed by atoms with van der Waals surface area (Å²) >= 11 is 1.56. The van der Waals surface area contributed by atoms with Crippen molar-refractivity contribution in [2.45, 2.75) is 38.3 Å². The van der Waals surface area contributed by atoms with Gasteiger partial charge in [0.2, 0.25) is 10.0 Å². The van der Waals surface area contributed by atoms with E-state index in [1.165, 1.54) is 0 Å². The summed E-state index contributed by atoms with van der Waals surface area (Å²) in [5, 5.41) is 13.1. The van der Waals surface area contributed by atoms with Crippen LogP contribution in [0, 0.1) is 6.92 Å². The predicted molar refractivity (Wildman–Crippen MR) is 84.8 cm³/mol. The van der Waals surface area contributed by atoms with Crippen molar-refractivity contribution >= 4 is 21.4 Å². The molecule has 1 aromatic heterocycles. The highest BCUT2D eigenvalue weighted by Gasteiger charge is 2.18. The van der Waals surface area contributed by atoms with Crippen LogP contribution in [0.2, 0.25) is 0 Å². The van der Waals surface area contributed by atoms with Crippen LogP contribution in [0.4, 0.5) is 0 Å². The van der Waals surface area contributed by atoms with Crippen LogP contribution < -0.4 is 4.72 Å². The molecule has 0 bridgehead atoms. The topological polar surface area (TPSA) is 66.4 Å². The minimum Gasteiger partial charge on any atom is -0.392 e. The molecular formula is C15H19NO3S2. The fourth-order valence-corrected chi connectivity index (χ4v) is 4.28. The van der Waals surface area contributed by atoms with E-state index in [0.717, 1.165) is 16.7 Å². The van der Waals surface area contributed by atoms with Gasteiger partial charge in [0, 0.05) is 6.54 Å². The molecule has 0 aliphatic heterocycles. The molecule has 0 radical (unpaired) electrons. The highest BCUT2D eigenvalue weighted by molar-refractivity contribution is 7.89. The Morgan fingerprint density at radius 3 is 2.57 bits per heavy atom. The lowest BCUT2D eigenvalue weighted by atomic mass is 10.1. The Bertz CT molecular complexity index is 720. The van der Waals surface area contributed by atoms with Crippen LogP contribution in [0.5, 0.6) is 0 Å². The van der Waals surface area contributed by atoms with Crippen LogP contribution >= 0.6 is 11.3 Å². The van der Waals surface area contributed by atoms with Crippen molar-refractivity contribution in [3.8, 4) is 0 Å². The first-order chi connectivity index (χ1) is 9.97. The van der Waals surface area contributed by atoms with Gasteiger partial charge in [-0.3, -0.25) is 0 Å². The number of sulfonamides is 1. The molecule has 0 fully saturated rings. The zero-order chi connectivity index (χ0) is 15.5. The fraction of sp³-hybridized carbons (Fsp3) is 0.333. The van der Waals surface area contributed by atoms with Crippen LogP contribution in [0.15, 0.2) is 33.9 Å². The number of benzene rings is 1. The summed E-state index contributed by atoms with van der Waals surface area (Å²) < 4.78 is 27.6. The summed E-state index contributed by atoms with van der Waals surface area (Å²) in [7, 11) is -3.58. The Labute approximate surface area is 129 Å². The molecule has 0 spiro atoms. The van der Waals surface area contributed by atoms with Gasteiger partial charge in [-0.1, -0.05) is 19.1 Å². The van der Waals surface area contributed by atoms with Gasteiger partial charge in [0.1, 0.15) is 0 Å². The highest BCUT2D eigenvalue weighted by Crippen LogP contribution is 2.20. The normalized spacial score (nSPS) is 11.8. The third kappa shape index (κ3) is 3.71. The van der Waals surface area contributed by atoms with Gasteiger partial charge in [-0.05, 0) is 52.4 Å². The standard InChI is InChI=1S/C15H19NO3S2/c1-3-13-5-4-12(8-17)6-15(13)21(18,19)16-7-14-10-20-9-11(14)2/h4-6,9-10,16-17H,3,7-8H2,1-2H3. The first-order valence-electron chi connectivity index (χ1n) is 6.72. The second-order valence-electron chi connectivity index (χ2n) is 4.86. The van der Waals surface area contributed by atoms with E-state index in [4.69, 9.17) is 0 Å². The third-order valence-corrected chi connectivity index (χ3v) is 5.79. The average Bonchev–Trinajstić information content (AvgIpc) is 2.90. The van der Waals surface area contributed by atoms with Gasteiger partial charge in [-0.25, -0.2) is 13.1 Å². The number of thiophene rings is 1. The predicted octanol–water partition coefficient (Wildman–Crippen LogP) is 2.59. The summed E-state index contributed by atoms with van der Waals surface area (Å²) in [6.45, 7) is 3.99. The van der Waals surface area contributed by atoms with E-state index >= 15 is 0 Å². The molecular weight excluding hydrogens is 306 g/mol. The average molecular weight is 325 g/mol. The van der Waals surface area contributed by atoms with Crippen molar-refractivity contribution in [1.82, 2.24) is 4.72 Å². The summed E-state index contributed by atoms with van der Waals surface area (Å²) in [5.41, 5.74) is 3.42. The first kappa shape index (κ1) is 16.2. The summed E-state index contributed by atoms with van der Waals surface area (Å²) in [6.07, 6.45) is 0.624. The first-order valence-corrected chi connectivity index (χ1v) is 9.14. The quantitative estimate of drug-likeness (QED) is 0.858. The van der Waals surface area contributed by atoms with Crippen molar-refractivity contribution in [3.05, 3.63) is 51.2 Å². The molecule has 0 aliphatic rings. The van der Waals surface area contributed by atoms with E-state index in [0.29, 0.717) is 12.0 Å². The monoisotopic (exact) mass is 325 g/mol. The van der Waals surface area contributed by atoms with Crippen LogP contribution in [-0.2, 0) is 29.6 Å². The van der Waals surface area contributed by atoms with Crippen LogP contribution in [0.3, 0.4) is 0 Å². The van der Waals surface area contributed by atoms with E-state index in [2.05, 4.69) is 4.72 Å². The number of aliphatic hydroxyl groups is 1. The maximum Gasteiger partial charge on any atom is 0.241 e. The third-order valence-electron chi connectivity index (χ3n) is 3.40. The number of aryl methyl sites for hydroxylation is 2. The number of rotatable bonds is 6. The lowest BCUT2D eigenvalue weighted by Crippen LogP contribution is -2.24. The summed E-state index contributed by atoms with van der Waals surface area (Å²) in [4.78, 5) is 0.254. The van der Waals surface area contributed by atoms with Crippen LogP contribution in [-0.4, -0.2) is 13.5 Å². The van der Waals surface area contributed by atoms with Crippen LogP contribution in [0.1, 0.15) is 29.2 Å². The molecule has 0 saturated heterocycles. The second kappa shape index (κ2) is 6.70. The number of hydrogen-bond donors (Lipinski definition) is 2. The maximum atomic E-state index is 12.5. The van der Waals surface area contributed by atoms with Crippen molar-refractivity contribution in [3.63, 3.8) is 0 Å². The largest absolute Gasteiger partial charge is 0.392 e. The number of hydrogen-bond acceptors (Lipinski definition) is 4. The summed E-state index contributed by atoms with van der Waals surface area (Å²) in [5.74, 6) is 0. The minimum absolute atomic E-state index is 0.170. The van der Waals surface area contributed by atoms with E-state index in [1.807, 2.05) is 24.6 Å². The maximum absolute atomic E-state index is 12.5. The molecule has 1 aromatic carbocycles. The Balaban J connectivity index is 2.28. The van der Waals surface area contributed by atoms with Gasteiger partial charge < -0.3 is 5.11 Å². The lowest BCUT2D eigenvalue weighted by Gasteiger charge is -2.12. The van der Waals surface area contributed by atoms with Gasteiger partial charge >= 0.3 is 0 Å². The molecule has 1 heterocycles. The van der Waals surface area contributed by atoms with Gasteiger partial charge in [-0.15, -0.1) is 0 Å². The van der Waals surface area contributed by atoms with E-state index in [9.17, 15) is 13.5 Å². The summed E-state index contributed by atoms with van der Waals surface area (Å²) in [6, 6.07) is 5.05. The molecule has 0 aliphatic carbocycles. The molecule has 2 N–H and O–H groups in total. The van der Waals surface area contributed by atoms with Crippen molar-refractivity contribution in [1.29, 1.82) is 0 Å². The number of nitrogens with one attached hydrogen (secondary N) is 1. The molecule has 0 atom stereocenters. The molecule has 6 heteroatoms. The molecule has 0 amide bonds. The molecule has 2 aromatic rings. The van der Waals surface area contributed by atoms with Crippen molar-refractivity contribution in [2.75, 3.05) is 0 Å². The van der Waals surface area contributed by atoms with E-state index in [-0.39, 0.29) is 18.0 Å². The number of aliphatic hydroxyl groups excluding tert-OH is 1. The van der Waals surface area contributed by atoms with E-state index in [1.54, 1.807) is 29.5 Å². The van der Waals surface area contributed by atoms with Crippen molar-refractivity contribution in [2.24, 2.45) is 0 Å². The molecule has 0 saturated carbocycles. The molecule has 114 valence electrons. The molecule has 2 rings (SSSR count). The highest BCUT2D eigenvalue weighted by atomic mass is 32.2. The Morgan fingerprint density at radius 2 is 2.00 bits per heavy atom. The second-order valence-corrected chi connectivity index (χ2v) is 7.34. The van der Waals surface area contributed by atoms with E-state index < -0.39 is 10.0 Å².